The van der Waals surface area contributed by atoms with Crippen molar-refractivity contribution < 1.29 is 12.8 Å². The lowest BCUT2D eigenvalue weighted by atomic mass is 10.1. The van der Waals surface area contributed by atoms with Gasteiger partial charge in [0.05, 0.1) is 4.90 Å². The van der Waals surface area contributed by atoms with Gasteiger partial charge in [-0.3, -0.25) is 0 Å². The second-order valence-corrected chi connectivity index (χ2v) is 6.77. The highest BCUT2D eigenvalue weighted by Gasteiger charge is 2.26. The first-order valence-electron chi connectivity index (χ1n) is 4.87. The largest absolute Gasteiger partial charge is 0.329 e. The molecular weight excluding hydrogens is 347 g/mol. The van der Waals surface area contributed by atoms with E-state index in [9.17, 15) is 12.8 Å². The minimum atomic E-state index is -3.72. The van der Waals surface area contributed by atoms with E-state index in [1.807, 2.05) is 0 Å². The second-order valence-electron chi connectivity index (χ2n) is 4.27. The molecule has 0 saturated carbocycles. The quantitative estimate of drug-likeness (QED) is 0.862. The van der Waals surface area contributed by atoms with E-state index >= 15 is 0 Å². The lowest BCUT2D eigenvalue weighted by Gasteiger charge is -2.24. The van der Waals surface area contributed by atoms with Gasteiger partial charge in [-0.05, 0) is 48.0 Å². The molecule has 0 heterocycles. The van der Waals surface area contributed by atoms with Gasteiger partial charge in [-0.25, -0.2) is 17.5 Å². The highest BCUT2D eigenvalue weighted by Crippen LogP contribution is 2.23. The smallest absolute Gasteiger partial charge is 0.242 e. The van der Waals surface area contributed by atoms with E-state index in [0.29, 0.717) is 0 Å². The maximum absolute atomic E-state index is 12.9. The van der Waals surface area contributed by atoms with Crippen molar-refractivity contribution in [2.45, 2.75) is 24.3 Å². The molecule has 0 spiro atoms. The van der Waals surface area contributed by atoms with Crippen LogP contribution < -0.4 is 10.5 Å². The van der Waals surface area contributed by atoms with Crippen LogP contribution in [0.4, 0.5) is 4.39 Å². The summed E-state index contributed by atoms with van der Waals surface area (Å²) < 4.78 is 39.5. The molecular formula is C10H15BrClFN2O2S. The Balaban J connectivity index is 0.00000289. The van der Waals surface area contributed by atoms with E-state index in [2.05, 4.69) is 20.7 Å². The van der Waals surface area contributed by atoms with Crippen molar-refractivity contribution in [3.05, 3.63) is 28.5 Å². The second kappa shape index (κ2) is 6.29. The Labute approximate surface area is 121 Å². The summed E-state index contributed by atoms with van der Waals surface area (Å²) in [7, 11) is -3.72. The molecule has 0 radical (unpaired) electrons. The van der Waals surface area contributed by atoms with E-state index in [-0.39, 0.29) is 28.3 Å². The van der Waals surface area contributed by atoms with Gasteiger partial charge < -0.3 is 5.73 Å². The summed E-state index contributed by atoms with van der Waals surface area (Å²) in [5, 5.41) is 0. The fourth-order valence-corrected chi connectivity index (χ4v) is 3.63. The highest BCUT2D eigenvalue weighted by molar-refractivity contribution is 9.10. The Morgan fingerprint density at radius 2 is 2.00 bits per heavy atom. The first-order chi connectivity index (χ1) is 7.68. The number of hydrogen-bond donors (Lipinski definition) is 2. The molecule has 8 heteroatoms. The zero-order valence-corrected chi connectivity index (χ0v) is 13.1. The number of benzene rings is 1. The topological polar surface area (TPSA) is 72.2 Å². The molecule has 1 aromatic rings. The fraction of sp³-hybridized carbons (Fsp3) is 0.400. The molecule has 1 aromatic carbocycles. The zero-order valence-electron chi connectivity index (χ0n) is 9.91. The third kappa shape index (κ3) is 4.47. The van der Waals surface area contributed by atoms with Crippen molar-refractivity contribution in [2.24, 2.45) is 5.73 Å². The average molecular weight is 362 g/mol. The van der Waals surface area contributed by atoms with E-state index in [1.54, 1.807) is 13.8 Å². The maximum Gasteiger partial charge on any atom is 0.242 e. The van der Waals surface area contributed by atoms with Gasteiger partial charge in [-0.2, -0.15) is 0 Å². The first kappa shape index (κ1) is 17.8. The fourth-order valence-electron chi connectivity index (χ4n) is 1.15. The van der Waals surface area contributed by atoms with Crippen LogP contribution >= 0.6 is 28.3 Å². The monoisotopic (exact) mass is 360 g/mol. The van der Waals surface area contributed by atoms with Crippen molar-refractivity contribution in [3.8, 4) is 0 Å². The van der Waals surface area contributed by atoms with Gasteiger partial charge in [0.25, 0.3) is 0 Å². The number of nitrogens with two attached hydrogens (primary N) is 1. The normalized spacial score (nSPS) is 12.1. The van der Waals surface area contributed by atoms with Crippen LogP contribution in [0.5, 0.6) is 0 Å². The minimum absolute atomic E-state index is 0. The molecule has 0 aliphatic carbocycles. The Morgan fingerprint density at radius 3 is 2.44 bits per heavy atom. The Bertz CT molecular complexity index is 523. The number of halogens is 3. The molecule has 0 aliphatic rings. The lowest BCUT2D eigenvalue weighted by molar-refractivity contribution is 0.462. The van der Waals surface area contributed by atoms with Crippen LogP contribution in [0, 0.1) is 5.82 Å². The average Bonchev–Trinajstić information content (AvgIpc) is 2.15. The molecule has 4 nitrogen and oxygen atoms in total. The van der Waals surface area contributed by atoms with E-state index in [0.717, 1.165) is 12.1 Å². The molecule has 0 saturated heterocycles. The van der Waals surface area contributed by atoms with Crippen LogP contribution in [-0.4, -0.2) is 20.5 Å². The maximum atomic E-state index is 12.9. The Hall–Kier alpha value is -0.210. The summed E-state index contributed by atoms with van der Waals surface area (Å²) in [6.45, 7) is 3.50. The molecule has 1 rings (SSSR count). The van der Waals surface area contributed by atoms with Crippen molar-refractivity contribution in [2.75, 3.05) is 6.54 Å². The third-order valence-corrected chi connectivity index (χ3v) is 4.78. The standard InChI is InChI=1S/C10H14BrFN2O2S.ClH/c1-10(2,6-13)14-17(15,16)9-4-3-7(12)5-8(9)11;/h3-5,14H,6,13H2,1-2H3;1H. The highest BCUT2D eigenvalue weighted by atomic mass is 79.9. The molecule has 104 valence electrons. The van der Waals surface area contributed by atoms with Gasteiger partial charge in [-0.1, -0.05) is 0 Å². The SMILES string of the molecule is CC(C)(CN)NS(=O)(=O)c1ccc(F)cc1Br.Cl. The van der Waals surface area contributed by atoms with Gasteiger partial charge in [0, 0.05) is 16.6 Å². The predicted molar refractivity (Wildman–Crippen MR) is 74.8 cm³/mol. The Kier molecular flexibility index (Phi) is 6.22. The van der Waals surface area contributed by atoms with Gasteiger partial charge in [0.2, 0.25) is 10.0 Å². The summed E-state index contributed by atoms with van der Waals surface area (Å²) >= 11 is 3.02. The van der Waals surface area contributed by atoms with Crippen LogP contribution in [-0.2, 0) is 10.0 Å². The predicted octanol–water partition coefficient (Wildman–Crippen LogP) is 2.03. The van der Waals surface area contributed by atoms with E-state index in [1.165, 1.54) is 6.07 Å². The molecule has 3 N–H and O–H groups in total. The summed E-state index contributed by atoms with van der Waals surface area (Å²) in [6, 6.07) is 3.40. The molecule has 0 fully saturated rings. The molecule has 0 bridgehead atoms. The molecule has 0 unspecified atom stereocenters. The van der Waals surface area contributed by atoms with Gasteiger partial charge in [0.15, 0.2) is 0 Å². The van der Waals surface area contributed by atoms with Crippen molar-refractivity contribution in [1.29, 1.82) is 0 Å². The first-order valence-corrected chi connectivity index (χ1v) is 7.15. The van der Waals surface area contributed by atoms with Gasteiger partial charge in [-0.15, -0.1) is 12.4 Å². The molecule has 0 aromatic heterocycles. The van der Waals surface area contributed by atoms with Gasteiger partial charge >= 0.3 is 0 Å². The van der Waals surface area contributed by atoms with Crippen LogP contribution in [0.2, 0.25) is 0 Å². The summed E-state index contributed by atoms with van der Waals surface area (Å²) in [5.41, 5.74) is 4.70. The number of nitrogens with one attached hydrogen (secondary N) is 1. The lowest BCUT2D eigenvalue weighted by Crippen LogP contribution is -2.48. The minimum Gasteiger partial charge on any atom is -0.329 e. The molecule has 0 aliphatic heterocycles. The molecule has 0 amide bonds. The molecule has 18 heavy (non-hydrogen) atoms. The summed E-state index contributed by atoms with van der Waals surface area (Å²) in [6.07, 6.45) is 0. The van der Waals surface area contributed by atoms with Crippen LogP contribution in [0.25, 0.3) is 0 Å². The number of sulfonamides is 1. The van der Waals surface area contributed by atoms with E-state index in [4.69, 9.17) is 5.73 Å². The zero-order chi connectivity index (χ0) is 13.3. The summed E-state index contributed by atoms with van der Waals surface area (Å²) in [4.78, 5) is -0.0135. The Morgan fingerprint density at radius 1 is 1.44 bits per heavy atom. The molecule has 0 atom stereocenters. The number of hydrogen-bond acceptors (Lipinski definition) is 3. The third-order valence-electron chi connectivity index (χ3n) is 2.10. The van der Waals surface area contributed by atoms with E-state index < -0.39 is 21.4 Å². The van der Waals surface area contributed by atoms with Crippen LogP contribution in [0.3, 0.4) is 0 Å². The van der Waals surface area contributed by atoms with Gasteiger partial charge in [0.1, 0.15) is 5.82 Å². The van der Waals surface area contributed by atoms with Crippen molar-refractivity contribution >= 4 is 38.4 Å². The van der Waals surface area contributed by atoms with Crippen LogP contribution in [0.15, 0.2) is 27.6 Å². The van der Waals surface area contributed by atoms with Crippen LogP contribution in [0.1, 0.15) is 13.8 Å². The summed E-state index contributed by atoms with van der Waals surface area (Å²) in [5.74, 6) is -0.506. The van der Waals surface area contributed by atoms with Crippen molar-refractivity contribution in [1.82, 2.24) is 4.72 Å². The van der Waals surface area contributed by atoms with Crippen molar-refractivity contribution in [3.63, 3.8) is 0 Å². The number of rotatable bonds is 4.